The maximum absolute atomic E-state index is 12.8. The Morgan fingerprint density at radius 1 is 1.26 bits per heavy atom. The summed E-state index contributed by atoms with van der Waals surface area (Å²) in [5.74, 6) is -0.0465. The summed E-state index contributed by atoms with van der Waals surface area (Å²) in [6.07, 6.45) is 2.96. The van der Waals surface area contributed by atoms with Crippen molar-refractivity contribution < 1.29 is 19.0 Å². The predicted molar refractivity (Wildman–Crippen MR) is 87.6 cm³/mol. The third-order valence-corrected chi connectivity index (χ3v) is 3.10. The van der Waals surface area contributed by atoms with Crippen molar-refractivity contribution in [3.8, 4) is 5.75 Å². The average Bonchev–Trinajstić information content (AvgIpc) is 2.56. The van der Waals surface area contributed by atoms with Crippen LogP contribution in [0, 0.1) is 5.82 Å². The molecule has 2 rings (SSSR count). The number of amides is 1. The van der Waals surface area contributed by atoms with Gasteiger partial charge in [-0.2, -0.15) is 0 Å². The fourth-order valence-corrected chi connectivity index (χ4v) is 2.01. The molecule has 1 amide bonds. The van der Waals surface area contributed by atoms with Crippen LogP contribution in [0.5, 0.6) is 5.75 Å². The van der Waals surface area contributed by atoms with Gasteiger partial charge in [0.2, 0.25) is 5.91 Å². The van der Waals surface area contributed by atoms with Gasteiger partial charge in [0, 0.05) is 17.3 Å². The first kappa shape index (κ1) is 16.7. The Hall–Kier alpha value is -2.66. The number of ether oxygens (including phenoxy) is 1. The normalized spacial score (nSPS) is 10.7. The number of benzene rings is 2. The van der Waals surface area contributed by atoms with Crippen LogP contribution in [0.15, 0.2) is 48.5 Å². The number of hydrogen-bond donors (Lipinski definition) is 2. The number of aliphatic hydroxyl groups excluding tert-OH is 1. The van der Waals surface area contributed by atoms with Crippen molar-refractivity contribution in [3.63, 3.8) is 0 Å². The van der Waals surface area contributed by atoms with Crippen LogP contribution in [-0.2, 0) is 11.4 Å². The fraction of sp³-hybridized carbons (Fsp3) is 0.167. The van der Waals surface area contributed by atoms with Gasteiger partial charge in [0.15, 0.2) is 0 Å². The maximum atomic E-state index is 12.8. The average molecular weight is 315 g/mol. The fourth-order valence-electron chi connectivity index (χ4n) is 2.01. The molecule has 0 aliphatic carbocycles. The zero-order valence-electron chi connectivity index (χ0n) is 12.8. The molecule has 0 fully saturated rings. The van der Waals surface area contributed by atoms with Crippen molar-refractivity contribution in [1.82, 2.24) is 0 Å². The van der Waals surface area contributed by atoms with E-state index in [1.54, 1.807) is 36.4 Å². The van der Waals surface area contributed by atoms with E-state index >= 15 is 0 Å². The van der Waals surface area contributed by atoms with Gasteiger partial charge < -0.3 is 15.2 Å². The van der Waals surface area contributed by atoms with E-state index < -0.39 is 0 Å². The highest BCUT2D eigenvalue weighted by atomic mass is 19.1. The molecule has 0 saturated heterocycles. The van der Waals surface area contributed by atoms with Crippen LogP contribution in [0.3, 0.4) is 0 Å². The predicted octanol–water partition coefficient (Wildman–Crippen LogP) is 3.37. The summed E-state index contributed by atoms with van der Waals surface area (Å²) in [5, 5.41) is 12.0. The third-order valence-electron chi connectivity index (χ3n) is 3.10. The highest BCUT2D eigenvalue weighted by molar-refractivity contribution is 6.02. The first-order valence-electron chi connectivity index (χ1n) is 7.23. The summed E-state index contributed by atoms with van der Waals surface area (Å²) in [6.45, 7) is 2.18. The zero-order chi connectivity index (χ0) is 16.7. The van der Waals surface area contributed by atoms with Crippen molar-refractivity contribution >= 4 is 17.7 Å². The second kappa shape index (κ2) is 8.10. The monoisotopic (exact) mass is 315 g/mol. The van der Waals surface area contributed by atoms with Crippen LogP contribution in [0.25, 0.3) is 6.08 Å². The number of halogens is 1. The molecule has 0 heterocycles. The molecule has 0 aliphatic rings. The van der Waals surface area contributed by atoms with Gasteiger partial charge in [-0.1, -0.05) is 12.1 Å². The summed E-state index contributed by atoms with van der Waals surface area (Å²) < 4.78 is 18.2. The number of hydrogen-bond acceptors (Lipinski definition) is 3. The van der Waals surface area contributed by atoms with Crippen molar-refractivity contribution in [2.75, 3.05) is 11.9 Å². The Labute approximate surface area is 134 Å². The number of carbonyl (C=O) groups excluding carboxylic acids is 1. The molecule has 0 bridgehead atoms. The molecule has 0 aromatic heterocycles. The van der Waals surface area contributed by atoms with Crippen molar-refractivity contribution in [2.24, 2.45) is 0 Å². The Balaban J connectivity index is 2.03. The van der Waals surface area contributed by atoms with Crippen LogP contribution in [0.2, 0.25) is 0 Å². The highest BCUT2D eigenvalue weighted by Gasteiger charge is 2.05. The lowest BCUT2D eigenvalue weighted by Crippen LogP contribution is -2.08. The van der Waals surface area contributed by atoms with Crippen molar-refractivity contribution in [1.29, 1.82) is 0 Å². The second-order valence-electron chi connectivity index (χ2n) is 4.79. The quantitative estimate of drug-likeness (QED) is 0.804. The van der Waals surface area contributed by atoms with Gasteiger partial charge in [-0.15, -0.1) is 0 Å². The summed E-state index contributed by atoms with van der Waals surface area (Å²) in [7, 11) is 0. The molecule has 0 radical (unpaired) electrons. The molecule has 0 spiro atoms. The Bertz CT molecular complexity index is 696. The molecule has 2 N–H and O–H groups in total. The van der Waals surface area contributed by atoms with E-state index in [2.05, 4.69) is 5.32 Å². The number of aliphatic hydroxyl groups is 1. The number of carbonyl (C=O) groups is 1. The summed E-state index contributed by atoms with van der Waals surface area (Å²) in [6, 6.07) is 10.9. The molecule has 23 heavy (non-hydrogen) atoms. The molecule has 0 aliphatic heterocycles. The van der Waals surface area contributed by atoms with Gasteiger partial charge >= 0.3 is 0 Å². The number of rotatable bonds is 6. The first-order chi connectivity index (χ1) is 11.1. The molecular weight excluding hydrogens is 297 g/mol. The molecule has 0 atom stereocenters. The number of nitrogens with one attached hydrogen (secondary N) is 1. The Kier molecular flexibility index (Phi) is 5.88. The molecular formula is C18H18FNO3. The lowest BCUT2D eigenvalue weighted by Gasteiger charge is -2.10. The minimum absolute atomic E-state index is 0.176. The van der Waals surface area contributed by atoms with E-state index in [1.807, 2.05) is 6.92 Å². The summed E-state index contributed by atoms with van der Waals surface area (Å²) in [4.78, 5) is 11.9. The van der Waals surface area contributed by atoms with Crippen molar-refractivity contribution in [2.45, 2.75) is 13.5 Å². The molecule has 120 valence electrons. The molecule has 0 unspecified atom stereocenters. The van der Waals surface area contributed by atoms with E-state index in [0.717, 1.165) is 5.56 Å². The minimum atomic E-state index is -0.322. The van der Waals surface area contributed by atoms with Crippen LogP contribution in [0.4, 0.5) is 10.1 Å². The van der Waals surface area contributed by atoms with Crippen LogP contribution < -0.4 is 10.1 Å². The summed E-state index contributed by atoms with van der Waals surface area (Å²) >= 11 is 0. The Morgan fingerprint density at radius 2 is 2.00 bits per heavy atom. The lowest BCUT2D eigenvalue weighted by atomic mass is 10.2. The van der Waals surface area contributed by atoms with Gasteiger partial charge in [-0.25, -0.2) is 4.39 Å². The van der Waals surface area contributed by atoms with Crippen LogP contribution in [-0.4, -0.2) is 17.6 Å². The van der Waals surface area contributed by atoms with Gasteiger partial charge in [0.25, 0.3) is 0 Å². The van der Waals surface area contributed by atoms with E-state index in [1.165, 1.54) is 18.2 Å². The molecule has 4 nitrogen and oxygen atoms in total. The van der Waals surface area contributed by atoms with Gasteiger partial charge in [-0.05, 0) is 48.9 Å². The molecule has 2 aromatic rings. The van der Waals surface area contributed by atoms with Crippen molar-refractivity contribution in [3.05, 3.63) is 65.5 Å². The SMILES string of the molecule is CCOc1ccc(NC(=O)/C=C/c2ccc(F)cc2)cc1CO. The third kappa shape index (κ3) is 4.93. The van der Waals surface area contributed by atoms with Crippen LogP contribution in [0.1, 0.15) is 18.1 Å². The van der Waals surface area contributed by atoms with Crippen LogP contribution >= 0.6 is 0 Å². The molecule has 0 saturated carbocycles. The first-order valence-corrected chi connectivity index (χ1v) is 7.23. The topological polar surface area (TPSA) is 58.6 Å². The number of anilines is 1. The van der Waals surface area contributed by atoms with Gasteiger partial charge in [0.05, 0.1) is 13.2 Å². The summed E-state index contributed by atoms with van der Waals surface area (Å²) in [5.41, 5.74) is 1.89. The molecule has 2 aromatic carbocycles. The highest BCUT2D eigenvalue weighted by Crippen LogP contribution is 2.23. The minimum Gasteiger partial charge on any atom is -0.494 e. The van der Waals surface area contributed by atoms with E-state index in [9.17, 15) is 14.3 Å². The lowest BCUT2D eigenvalue weighted by molar-refractivity contribution is -0.111. The van der Waals surface area contributed by atoms with Gasteiger partial charge in [-0.3, -0.25) is 4.79 Å². The standard InChI is InChI=1S/C18H18FNO3/c1-2-23-17-9-8-16(11-14(17)12-21)20-18(22)10-5-13-3-6-15(19)7-4-13/h3-11,21H,2,12H2,1H3,(H,20,22)/b10-5+. The second-order valence-corrected chi connectivity index (χ2v) is 4.79. The van der Waals surface area contributed by atoms with E-state index in [0.29, 0.717) is 23.6 Å². The van der Waals surface area contributed by atoms with E-state index in [4.69, 9.17) is 4.74 Å². The smallest absolute Gasteiger partial charge is 0.248 e. The van der Waals surface area contributed by atoms with Gasteiger partial charge in [0.1, 0.15) is 11.6 Å². The largest absolute Gasteiger partial charge is 0.494 e. The maximum Gasteiger partial charge on any atom is 0.248 e. The molecule has 5 heteroatoms. The Morgan fingerprint density at radius 3 is 2.65 bits per heavy atom. The van der Waals surface area contributed by atoms with E-state index in [-0.39, 0.29) is 18.3 Å². The zero-order valence-corrected chi connectivity index (χ0v) is 12.8.